The van der Waals surface area contributed by atoms with Gasteiger partial charge in [-0.3, -0.25) is 19.2 Å². The molecule has 0 amide bonds. The van der Waals surface area contributed by atoms with Crippen molar-refractivity contribution in [3.05, 3.63) is 148 Å². The number of nitrogens with one attached hydrogen (secondary N) is 1. The van der Waals surface area contributed by atoms with E-state index >= 15 is 0 Å². The topological polar surface area (TPSA) is 112 Å². The van der Waals surface area contributed by atoms with Gasteiger partial charge in [0.15, 0.2) is 0 Å². The van der Waals surface area contributed by atoms with E-state index in [0.717, 1.165) is 141 Å². The first-order chi connectivity index (χ1) is 32.7. The predicted molar refractivity (Wildman–Crippen MR) is 266 cm³/mol. The van der Waals surface area contributed by atoms with Crippen molar-refractivity contribution in [2.45, 2.75) is 77.8 Å². The number of aromatic nitrogens is 6. The van der Waals surface area contributed by atoms with E-state index in [0.29, 0.717) is 38.9 Å². The Labute approximate surface area is 391 Å². The third-order valence-electron chi connectivity index (χ3n) is 13.0. The number of rotatable bonds is 19. The summed E-state index contributed by atoms with van der Waals surface area (Å²) < 4.78 is 36.1. The Morgan fingerprint density at radius 3 is 2.39 bits per heavy atom. The zero-order chi connectivity index (χ0) is 46.3. The highest BCUT2D eigenvalue weighted by molar-refractivity contribution is 6.04. The Morgan fingerprint density at radius 2 is 1.61 bits per heavy atom. The van der Waals surface area contributed by atoms with Crippen LogP contribution in [0.15, 0.2) is 114 Å². The van der Waals surface area contributed by atoms with Gasteiger partial charge in [0.25, 0.3) is 0 Å². The highest BCUT2D eigenvalue weighted by atomic mass is 19.1. The van der Waals surface area contributed by atoms with E-state index in [4.69, 9.17) is 19.2 Å². The van der Waals surface area contributed by atoms with Gasteiger partial charge in [-0.1, -0.05) is 50.1 Å². The molecule has 4 aromatic heterocycles. The van der Waals surface area contributed by atoms with E-state index in [9.17, 15) is 9.18 Å². The smallest absolute Gasteiger partial charge is 0.329 e. The Balaban J connectivity index is 0.865. The summed E-state index contributed by atoms with van der Waals surface area (Å²) in [6.45, 7) is 8.17. The van der Waals surface area contributed by atoms with Crippen molar-refractivity contribution in [3.63, 3.8) is 0 Å². The van der Waals surface area contributed by atoms with Crippen LogP contribution < -0.4 is 15.2 Å². The molecule has 11 nitrogen and oxygen atoms in total. The molecule has 0 aliphatic carbocycles. The number of benzene rings is 4. The van der Waals surface area contributed by atoms with Crippen LogP contribution in [0.4, 0.5) is 4.39 Å². The highest BCUT2D eigenvalue weighted by Gasteiger charge is 2.25. The monoisotopic (exact) mass is 901 g/mol. The number of allylic oxidation sites excluding steroid dienone is 1. The number of H-pyrrole nitrogens is 1. The molecule has 346 valence electrons. The number of aryl methyl sites for hydroxylation is 2. The molecule has 1 fully saturated rings. The zero-order valence-electron chi connectivity index (χ0n) is 39.1. The molecule has 1 N–H and O–H groups in total. The molecule has 67 heavy (non-hydrogen) atoms. The Hall–Kier alpha value is -6.63. The SMILES string of the molecule is CC/C(=C(/c1ccc(OCCCCCCn2c(=O)n(C3CCOCC3)c3c4cc(-c5ccc(OCCCN(C)C)nc5)ccc4ncc32)cc1)c1ccc2[nH]ncc2c1)c1ccc(F)cc1C. The van der Waals surface area contributed by atoms with E-state index in [1.165, 1.54) is 6.07 Å². The van der Waals surface area contributed by atoms with E-state index in [1.54, 1.807) is 6.07 Å². The Bertz CT molecular complexity index is 3050. The number of aromatic amines is 1. The van der Waals surface area contributed by atoms with Gasteiger partial charge in [-0.15, -0.1) is 0 Å². The lowest BCUT2D eigenvalue weighted by Gasteiger charge is -2.23. The van der Waals surface area contributed by atoms with Crippen LogP contribution in [-0.2, 0) is 11.3 Å². The van der Waals surface area contributed by atoms with Crippen LogP contribution in [0.1, 0.15) is 86.6 Å². The van der Waals surface area contributed by atoms with Crippen molar-refractivity contribution in [3.8, 4) is 22.8 Å². The first kappa shape index (κ1) is 45.5. The maximum absolute atomic E-state index is 14.4. The molecule has 0 saturated carbocycles. The number of fused-ring (bicyclic) bond motifs is 4. The molecule has 0 bridgehead atoms. The molecule has 1 saturated heterocycles. The minimum Gasteiger partial charge on any atom is -0.494 e. The van der Waals surface area contributed by atoms with Gasteiger partial charge in [0.2, 0.25) is 5.88 Å². The lowest BCUT2D eigenvalue weighted by Crippen LogP contribution is -2.30. The van der Waals surface area contributed by atoms with Crippen molar-refractivity contribution >= 4 is 44.0 Å². The molecular weight excluding hydrogens is 842 g/mol. The summed E-state index contributed by atoms with van der Waals surface area (Å²) >= 11 is 0. The molecule has 9 rings (SSSR count). The largest absolute Gasteiger partial charge is 0.494 e. The van der Waals surface area contributed by atoms with Crippen LogP contribution in [-0.4, -0.2) is 81.3 Å². The summed E-state index contributed by atoms with van der Waals surface area (Å²) in [4.78, 5) is 26.0. The van der Waals surface area contributed by atoms with Gasteiger partial charge in [0.1, 0.15) is 11.6 Å². The van der Waals surface area contributed by atoms with Crippen LogP contribution in [0.3, 0.4) is 0 Å². The lowest BCUT2D eigenvalue weighted by atomic mass is 9.86. The maximum Gasteiger partial charge on any atom is 0.329 e. The number of hydrogen-bond donors (Lipinski definition) is 1. The van der Waals surface area contributed by atoms with Gasteiger partial charge in [-0.25, -0.2) is 14.2 Å². The summed E-state index contributed by atoms with van der Waals surface area (Å²) in [5.74, 6) is 1.19. The third-order valence-corrected chi connectivity index (χ3v) is 13.0. The maximum atomic E-state index is 14.4. The molecular formula is C55H60FN7O4. The average molecular weight is 902 g/mol. The van der Waals surface area contributed by atoms with Gasteiger partial charge in [-0.2, -0.15) is 5.10 Å². The fourth-order valence-corrected chi connectivity index (χ4v) is 9.53. The first-order valence-corrected chi connectivity index (χ1v) is 23.8. The molecule has 12 heteroatoms. The van der Waals surface area contributed by atoms with E-state index in [2.05, 4.69) is 83.6 Å². The molecule has 5 heterocycles. The van der Waals surface area contributed by atoms with Crippen molar-refractivity contribution in [1.29, 1.82) is 0 Å². The van der Waals surface area contributed by atoms with Crippen molar-refractivity contribution < 1.29 is 18.6 Å². The number of imidazole rings is 1. The van der Waals surface area contributed by atoms with Crippen LogP contribution in [0.25, 0.3) is 55.1 Å². The minimum atomic E-state index is -0.236. The number of nitrogens with zero attached hydrogens (tertiary/aromatic N) is 6. The Morgan fingerprint density at radius 1 is 0.821 bits per heavy atom. The summed E-state index contributed by atoms with van der Waals surface area (Å²) in [5, 5.41) is 9.28. The standard InChI is InChI=1S/C55H60FN7O4/c1-5-46(47-19-16-43(56)31-37(47)2)53(40-14-20-49-42(32-40)35-59-60-49)38-11-17-45(18-12-38)66-27-9-7-6-8-26-62-51-36-57-50-21-13-39(41-15-22-52(58-34-41)67-28-10-25-61(3)4)33-48(50)54(51)63(55(62)64)44-23-29-65-30-24-44/h11-22,31-36,44H,5-10,23-30H2,1-4H3,(H,59,60)/b53-46+. The molecule has 1 aliphatic rings. The first-order valence-electron chi connectivity index (χ1n) is 23.8. The molecule has 0 spiro atoms. The van der Waals surface area contributed by atoms with Crippen LogP contribution >= 0.6 is 0 Å². The second-order valence-electron chi connectivity index (χ2n) is 17.9. The second kappa shape index (κ2) is 20.9. The summed E-state index contributed by atoms with van der Waals surface area (Å²) in [5.41, 5.74) is 12.0. The van der Waals surface area contributed by atoms with Crippen LogP contribution in [0.2, 0.25) is 0 Å². The molecule has 0 radical (unpaired) electrons. The fourth-order valence-electron chi connectivity index (χ4n) is 9.53. The molecule has 8 aromatic rings. The van der Waals surface area contributed by atoms with Crippen molar-refractivity contribution in [2.24, 2.45) is 0 Å². The number of pyridine rings is 2. The second-order valence-corrected chi connectivity index (χ2v) is 17.9. The number of ether oxygens (including phenoxy) is 3. The molecule has 0 unspecified atom stereocenters. The van der Waals surface area contributed by atoms with E-state index < -0.39 is 0 Å². The zero-order valence-corrected chi connectivity index (χ0v) is 39.1. The fraction of sp³-hybridized carbons (Fsp3) is 0.345. The minimum absolute atomic E-state index is 0.0182. The molecule has 1 aliphatic heterocycles. The highest BCUT2D eigenvalue weighted by Crippen LogP contribution is 2.38. The third kappa shape index (κ3) is 10.2. The Kier molecular flexibility index (Phi) is 14.2. The van der Waals surface area contributed by atoms with Gasteiger partial charge in [0, 0.05) is 60.9 Å². The van der Waals surface area contributed by atoms with E-state index in [1.807, 2.05) is 71.0 Å². The number of unbranched alkanes of at least 4 members (excludes halogenated alkanes) is 3. The van der Waals surface area contributed by atoms with Crippen LogP contribution in [0, 0.1) is 12.7 Å². The van der Waals surface area contributed by atoms with Gasteiger partial charge in [0.05, 0.1) is 47.7 Å². The molecule has 0 atom stereocenters. The molecule has 4 aromatic carbocycles. The number of halogens is 1. The van der Waals surface area contributed by atoms with Gasteiger partial charge >= 0.3 is 5.69 Å². The summed E-state index contributed by atoms with van der Waals surface area (Å²) in [6.07, 6.45) is 12.6. The van der Waals surface area contributed by atoms with E-state index in [-0.39, 0.29) is 17.5 Å². The van der Waals surface area contributed by atoms with Gasteiger partial charge < -0.3 is 19.1 Å². The normalized spacial score (nSPS) is 13.8. The average Bonchev–Trinajstić information content (AvgIpc) is 3.94. The van der Waals surface area contributed by atoms with Crippen molar-refractivity contribution in [2.75, 3.05) is 47.1 Å². The summed E-state index contributed by atoms with van der Waals surface area (Å²) in [6, 6.07) is 30.0. The lowest BCUT2D eigenvalue weighted by molar-refractivity contribution is 0.0696. The van der Waals surface area contributed by atoms with Gasteiger partial charge in [-0.05, 0) is 153 Å². The number of hydrogen-bond acceptors (Lipinski definition) is 8. The predicted octanol–water partition coefficient (Wildman–Crippen LogP) is 11.4. The quantitative estimate of drug-likeness (QED) is 0.0631. The van der Waals surface area contributed by atoms with Crippen molar-refractivity contribution in [1.82, 2.24) is 34.2 Å². The summed E-state index contributed by atoms with van der Waals surface area (Å²) in [7, 11) is 4.11. The van der Waals surface area contributed by atoms with Crippen LogP contribution in [0.5, 0.6) is 11.6 Å².